The standard InChI is InChI=1S/C20H24N2O2/c1-4-14-10-7-8-13-17(14)21-19(23)20(24)22-18-15(5-2)11-9-12-16(18)6-3/h7-13H,4-6H2,1-3H3,(H,21,23)(H,22,24). The van der Waals surface area contributed by atoms with Gasteiger partial charge in [-0.15, -0.1) is 0 Å². The molecule has 0 heterocycles. The van der Waals surface area contributed by atoms with E-state index in [4.69, 9.17) is 0 Å². The number of hydrogen-bond donors (Lipinski definition) is 2. The smallest absolute Gasteiger partial charge is 0.314 e. The molecule has 0 bridgehead atoms. The van der Waals surface area contributed by atoms with Gasteiger partial charge < -0.3 is 10.6 Å². The van der Waals surface area contributed by atoms with Crippen molar-refractivity contribution >= 4 is 23.2 Å². The lowest BCUT2D eigenvalue weighted by Gasteiger charge is -2.15. The normalized spacial score (nSPS) is 10.3. The van der Waals surface area contributed by atoms with Crippen LogP contribution in [0.15, 0.2) is 42.5 Å². The molecule has 2 aromatic rings. The summed E-state index contributed by atoms with van der Waals surface area (Å²) in [7, 11) is 0. The Bertz CT molecular complexity index is 716. The van der Waals surface area contributed by atoms with Gasteiger partial charge in [-0.05, 0) is 42.0 Å². The van der Waals surface area contributed by atoms with Crippen LogP contribution in [0.3, 0.4) is 0 Å². The van der Waals surface area contributed by atoms with Crippen molar-refractivity contribution in [2.75, 3.05) is 10.6 Å². The van der Waals surface area contributed by atoms with Gasteiger partial charge in [0.05, 0.1) is 0 Å². The minimum Gasteiger partial charge on any atom is -0.318 e. The van der Waals surface area contributed by atoms with Gasteiger partial charge in [0.25, 0.3) is 0 Å². The summed E-state index contributed by atoms with van der Waals surface area (Å²) < 4.78 is 0. The van der Waals surface area contributed by atoms with Crippen molar-refractivity contribution in [3.05, 3.63) is 59.2 Å². The van der Waals surface area contributed by atoms with E-state index in [1.807, 2.05) is 63.2 Å². The van der Waals surface area contributed by atoms with E-state index >= 15 is 0 Å². The molecule has 0 fully saturated rings. The second-order valence-electron chi connectivity index (χ2n) is 5.58. The highest BCUT2D eigenvalue weighted by Gasteiger charge is 2.17. The molecule has 2 N–H and O–H groups in total. The Labute approximate surface area is 143 Å². The second kappa shape index (κ2) is 8.29. The predicted octanol–water partition coefficient (Wildman–Crippen LogP) is 3.95. The summed E-state index contributed by atoms with van der Waals surface area (Å²) in [4.78, 5) is 24.6. The number of carbonyl (C=O) groups excluding carboxylic acids is 2. The summed E-state index contributed by atoms with van der Waals surface area (Å²) in [5, 5.41) is 5.49. The van der Waals surface area contributed by atoms with Gasteiger partial charge in [-0.25, -0.2) is 0 Å². The van der Waals surface area contributed by atoms with Gasteiger partial charge in [0.2, 0.25) is 0 Å². The van der Waals surface area contributed by atoms with Gasteiger partial charge in [-0.2, -0.15) is 0 Å². The first-order valence-corrected chi connectivity index (χ1v) is 8.41. The van der Waals surface area contributed by atoms with Crippen molar-refractivity contribution < 1.29 is 9.59 Å². The zero-order chi connectivity index (χ0) is 17.5. The minimum absolute atomic E-state index is 0.642. The molecule has 24 heavy (non-hydrogen) atoms. The van der Waals surface area contributed by atoms with E-state index < -0.39 is 11.8 Å². The Morgan fingerprint density at radius 3 is 1.79 bits per heavy atom. The quantitative estimate of drug-likeness (QED) is 0.818. The van der Waals surface area contributed by atoms with E-state index in [-0.39, 0.29) is 0 Å². The van der Waals surface area contributed by atoms with Crippen molar-refractivity contribution in [2.24, 2.45) is 0 Å². The molecule has 0 spiro atoms. The maximum absolute atomic E-state index is 12.3. The third-order valence-electron chi connectivity index (χ3n) is 4.09. The van der Waals surface area contributed by atoms with Gasteiger partial charge >= 0.3 is 11.8 Å². The van der Waals surface area contributed by atoms with Gasteiger partial charge in [0.1, 0.15) is 0 Å². The average molecular weight is 324 g/mol. The highest BCUT2D eigenvalue weighted by Crippen LogP contribution is 2.23. The van der Waals surface area contributed by atoms with Gasteiger partial charge in [-0.3, -0.25) is 9.59 Å². The predicted molar refractivity (Wildman–Crippen MR) is 98.3 cm³/mol. The number of benzene rings is 2. The Morgan fingerprint density at radius 1 is 0.708 bits per heavy atom. The van der Waals surface area contributed by atoms with Crippen LogP contribution in [0.4, 0.5) is 11.4 Å². The summed E-state index contributed by atoms with van der Waals surface area (Å²) in [6, 6.07) is 13.4. The van der Waals surface area contributed by atoms with Gasteiger partial charge in [0.15, 0.2) is 0 Å². The molecule has 2 amide bonds. The molecule has 4 heteroatoms. The van der Waals surface area contributed by atoms with Crippen molar-refractivity contribution in [3.8, 4) is 0 Å². The molecule has 0 saturated heterocycles. The van der Waals surface area contributed by atoms with Crippen LogP contribution < -0.4 is 10.6 Å². The molecule has 0 aliphatic rings. The van der Waals surface area contributed by atoms with Crippen molar-refractivity contribution in [2.45, 2.75) is 40.0 Å². The molecule has 2 rings (SSSR count). The maximum atomic E-state index is 12.3. The van der Waals surface area contributed by atoms with Crippen molar-refractivity contribution in [1.29, 1.82) is 0 Å². The number of amides is 2. The van der Waals surface area contributed by atoms with Crippen LogP contribution in [-0.4, -0.2) is 11.8 Å². The number of aryl methyl sites for hydroxylation is 3. The molecular weight excluding hydrogens is 300 g/mol. The van der Waals surface area contributed by atoms with Crippen LogP contribution in [0.25, 0.3) is 0 Å². The number of para-hydroxylation sites is 2. The minimum atomic E-state index is -0.649. The van der Waals surface area contributed by atoms with Crippen LogP contribution in [0.5, 0.6) is 0 Å². The first kappa shape index (κ1) is 17.7. The zero-order valence-electron chi connectivity index (χ0n) is 14.5. The van der Waals surface area contributed by atoms with Crippen LogP contribution >= 0.6 is 0 Å². The monoisotopic (exact) mass is 324 g/mol. The third-order valence-corrected chi connectivity index (χ3v) is 4.09. The number of carbonyl (C=O) groups is 2. The second-order valence-corrected chi connectivity index (χ2v) is 5.58. The Balaban J connectivity index is 2.17. The highest BCUT2D eigenvalue weighted by molar-refractivity contribution is 6.43. The van der Waals surface area contributed by atoms with Crippen LogP contribution in [0.2, 0.25) is 0 Å². The Hall–Kier alpha value is -2.62. The van der Waals surface area contributed by atoms with Crippen LogP contribution in [0, 0.1) is 0 Å². The molecule has 0 radical (unpaired) electrons. The van der Waals surface area contributed by atoms with Crippen molar-refractivity contribution in [3.63, 3.8) is 0 Å². The van der Waals surface area contributed by atoms with Gasteiger partial charge in [-0.1, -0.05) is 57.2 Å². The molecule has 0 aliphatic heterocycles. The van der Waals surface area contributed by atoms with Crippen LogP contribution in [-0.2, 0) is 28.9 Å². The fourth-order valence-corrected chi connectivity index (χ4v) is 2.70. The van der Waals surface area contributed by atoms with E-state index in [2.05, 4.69) is 10.6 Å². The molecule has 2 aromatic carbocycles. The molecule has 0 aromatic heterocycles. The van der Waals surface area contributed by atoms with E-state index in [0.29, 0.717) is 5.69 Å². The lowest BCUT2D eigenvalue weighted by Crippen LogP contribution is -2.30. The molecule has 0 unspecified atom stereocenters. The molecule has 0 saturated carbocycles. The fourth-order valence-electron chi connectivity index (χ4n) is 2.70. The molecule has 126 valence electrons. The molecular formula is C20H24N2O2. The Kier molecular flexibility index (Phi) is 6.13. The molecule has 0 atom stereocenters. The van der Waals surface area contributed by atoms with Crippen molar-refractivity contribution in [1.82, 2.24) is 0 Å². The first-order chi connectivity index (χ1) is 11.6. The maximum Gasteiger partial charge on any atom is 0.314 e. The van der Waals surface area contributed by atoms with E-state index in [1.165, 1.54) is 0 Å². The molecule has 0 aliphatic carbocycles. The number of rotatable bonds is 5. The molecule has 4 nitrogen and oxygen atoms in total. The van der Waals surface area contributed by atoms with E-state index in [1.54, 1.807) is 0 Å². The highest BCUT2D eigenvalue weighted by atomic mass is 16.2. The topological polar surface area (TPSA) is 58.2 Å². The Morgan fingerprint density at radius 2 is 1.21 bits per heavy atom. The lowest BCUT2D eigenvalue weighted by atomic mass is 10.0. The number of nitrogens with one attached hydrogen (secondary N) is 2. The van der Waals surface area contributed by atoms with E-state index in [9.17, 15) is 9.59 Å². The fraction of sp³-hybridized carbons (Fsp3) is 0.300. The van der Waals surface area contributed by atoms with Crippen LogP contribution in [0.1, 0.15) is 37.5 Å². The average Bonchev–Trinajstić information content (AvgIpc) is 2.62. The number of hydrogen-bond acceptors (Lipinski definition) is 2. The van der Waals surface area contributed by atoms with E-state index in [0.717, 1.165) is 41.6 Å². The summed E-state index contributed by atoms with van der Waals surface area (Å²) in [5.41, 5.74) is 4.50. The number of anilines is 2. The zero-order valence-corrected chi connectivity index (χ0v) is 14.5. The lowest BCUT2D eigenvalue weighted by molar-refractivity contribution is -0.133. The SMILES string of the molecule is CCc1ccccc1NC(=O)C(=O)Nc1c(CC)cccc1CC. The summed E-state index contributed by atoms with van der Waals surface area (Å²) in [5.74, 6) is -1.29. The summed E-state index contributed by atoms with van der Waals surface area (Å²) in [6.45, 7) is 6.07. The first-order valence-electron chi connectivity index (χ1n) is 8.41. The third kappa shape index (κ3) is 4.02. The summed E-state index contributed by atoms with van der Waals surface area (Å²) >= 11 is 0. The largest absolute Gasteiger partial charge is 0.318 e. The summed E-state index contributed by atoms with van der Waals surface area (Å²) in [6.07, 6.45) is 2.38. The van der Waals surface area contributed by atoms with Gasteiger partial charge in [0, 0.05) is 11.4 Å².